The SMILES string of the molecule is O=P(O)(OCC(F)(F)C(F)F)OCC(F)(F)C(F)F. The molecule has 0 aromatic heterocycles. The van der Waals surface area contributed by atoms with E-state index in [1.807, 2.05) is 0 Å². The van der Waals surface area contributed by atoms with Crippen LogP contribution in [0, 0.1) is 0 Å². The molecule has 0 fully saturated rings. The van der Waals surface area contributed by atoms with Crippen LogP contribution >= 0.6 is 7.82 Å². The highest BCUT2D eigenvalue weighted by atomic mass is 31.2. The molecule has 0 unspecified atom stereocenters. The first-order chi connectivity index (χ1) is 8.30. The van der Waals surface area contributed by atoms with Crippen LogP contribution in [-0.4, -0.2) is 42.8 Å². The summed E-state index contributed by atoms with van der Waals surface area (Å²) in [5.74, 6) is -9.65. The van der Waals surface area contributed by atoms with Crippen LogP contribution in [0.4, 0.5) is 35.1 Å². The highest BCUT2D eigenvalue weighted by Crippen LogP contribution is 2.46. The van der Waals surface area contributed by atoms with Crippen LogP contribution in [0.25, 0.3) is 0 Å². The van der Waals surface area contributed by atoms with Gasteiger partial charge in [-0.05, 0) is 0 Å². The second kappa shape index (κ2) is 6.33. The molecule has 116 valence electrons. The first kappa shape index (κ1) is 18.6. The van der Waals surface area contributed by atoms with Crippen LogP contribution in [0.5, 0.6) is 0 Å². The average Bonchev–Trinajstić information content (AvgIpc) is 2.24. The Morgan fingerprint density at radius 2 is 1.16 bits per heavy atom. The van der Waals surface area contributed by atoms with Gasteiger partial charge < -0.3 is 4.89 Å². The van der Waals surface area contributed by atoms with Crippen LogP contribution < -0.4 is 0 Å². The number of phosphoric ester groups is 1. The number of alkyl halides is 8. The highest BCUT2D eigenvalue weighted by molar-refractivity contribution is 7.47. The van der Waals surface area contributed by atoms with Gasteiger partial charge >= 0.3 is 32.5 Å². The van der Waals surface area contributed by atoms with Crippen molar-refractivity contribution in [3.05, 3.63) is 0 Å². The summed E-state index contributed by atoms with van der Waals surface area (Å²) < 4.78 is 113. The minimum absolute atomic E-state index is 2.31. The maximum absolute atomic E-state index is 12.2. The lowest BCUT2D eigenvalue weighted by molar-refractivity contribution is -0.161. The molecule has 0 spiro atoms. The first-order valence-electron chi connectivity index (χ1n) is 4.24. The summed E-state index contributed by atoms with van der Waals surface area (Å²) in [5, 5.41) is 0. The molecule has 0 aliphatic rings. The van der Waals surface area contributed by atoms with Gasteiger partial charge in [0.2, 0.25) is 0 Å². The van der Waals surface area contributed by atoms with Crippen LogP contribution in [0.3, 0.4) is 0 Å². The van der Waals surface area contributed by atoms with Crippen molar-refractivity contribution >= 4 is 7.82 Å². The van der Waals surface area contributed by atoms with Gasteiger partial charge in [-0.25, -0.2) is 22.1 Å². The van der Waals surface area contributed by atoms with Crippen molar-refractivity contribution in [1.29, 1.82) is 0 Å². The third-order valence-corrected chi connectivity index (χ3v) is 2.39. The summed E-state index contributed by atoms with van der Waals surface area (Å²) in [7, 11) is -5.59. The van der Waals surface area contributed by atoms with Gasteiger partial charge in [0.15, 0.2) is 0 Å². The van der Waals surface area contributed by atoms with E-state index in [1.165, 1.54) is 0 Å². The lowest BCUT2D eigenvalue weighted by Gasteiger charge is -2.20. The molecule has 0 saturated heterocycles. The normalized spacial score (nSPS) is 14.5. The third kappa shape index (κ3) is 6.50. The largest absolute Gasteiger partial charge is 0.472 e. The Bertz CT molecular complexity index is 307. The molecule has 0 aromatic rings. The molecule has 0 saturated carbocycles. The predicted molar refractivity (Wildman–Crippen MR) is 43.6 cm³/mol. The van der Waals surface area contributed by atoms with Crippen LogP contribution in [-0.2, 0) is 13.6 Å². The molecule has 13 heteroatoms. The van der Waals surface area contributed by atoms with E-state index in [9.17, 15) is 39.7 Å². The number of hydrogen-bond donors (Lipinski definition) is 1. The first-order valence-corrected chi connectivity index (χ1v) is 5.73. The Hall–Kier alpha value is -0.450. The molecule has 4 nitrogen and oxygen atoms in total. The standard InChI is InChI=1S/C6H7F8O4P/c7-3(8)5(11,12)1-17-19(15,16)18-2-6(13,14)4(9)10/h3-4H,1-2H2,(H,15,16). The van der Waals surface area contributed by atoms with Gasteiger partial charge in [-0.3, -0.25) is 9.05 Å². The Kier molecular flexibility index (Phi) is 6.18. The second-order valence-corrected chi connectivity index (χ2v) is 4.59. The molecule has 19 heavy (non-hydrogen) atoms. The van der Waals surface area contributed by atoms with Crippen molar-refractivity contribution in [2.75, 3.05) is 13.2 Å². The summed E-state index contributed by atoms with van der Waals surface area (Å²) in [5.41, 5.74) is 0. The molecule has 0 aromatic carbocycles. The van der Waals surface area contributed by atoms with Gasteiger partial charge in [0, 0.05) is 0 Å². The maximum atomic E-state index is 12.2. The quantitative estimate of drug-likeness (QED) is 0.550. The summed E-state index contributed by atoms with van der Waals surface area (Å²) in [6.07, 6.45) is -8.48. The molecule has 0 amide bonds. The number of rotatable bonds is 8. The van der Waals surface area contributed by atoms with E-state index < -0.39 is 45.7 Å². The number of hydrogen-bond acceptors (Lipinski definition) is 3. The van der Waals surface area contributed by atoms with Gasteiger partial charge in [0.25, 0.3) is 0 Å². The maximum Gasteiger partial charge on any atom is 0.472 e. The molecular formula is C6H7F8O4P. The molecule has 0 radical (unpaired) electrons. The average molecular weight is 326 g/mol. The Morgan fingerprint density at radius 1 is 0.895 bits per heavy atom. The van der Waals surface area contributed by atoms with E-state index in [0.717, 1.165) is 0 Å². The fourth-order valence-corrected chi connectivity index (χ4v) is 1.24. The molecule has 0 aliphatic carbocycles. The zero-order chi connectivity index (χ0) is 15.5. The van der Waals surface area contributed by atoms with E-state index in [4.69, 9.17) is 4.89 Å². The molecule has 0 aliphatic heterocycles. The van der Waals surface area contributed by atoms with Crippen molar-refractivity contribution in [3.63, 3.8) is 0 Å². The third-order valence-electron chi connectivity index (χ3n) is 1.48. The van der Waals surface area contributed by atoms with Gasteiger partial charge in [-0.15, -0.1) is 0 Å². The van der Waals surface area contributed by atoms with E-state index >= 15 is 0 Å². The van der Waals surface area contributed by atoms with Crippen LogP contribution in [0.2, 0.25) is 0 Å². The van der Waals surface area contributed by atoms with E-state index in [1.54, 1.807) is 0 Å². The number of phosphoric acid groups is 1. The monoisotopic (exact) mass is 326 g/mol. The minimum Gasteiger partial charge on any atom is -0.302 e. The molecule has 0 atom stereocenters. The summed E-state index contributed by atoms with van der Waals surface area (Å²) in [6, 6.07) is 0. The van der Waals surface area contributed by atoms with Crippen molar-refractivity contribution < 1.29 is 53.6 Å². The van der Waals surface area contributed by atoms with Gasteiger partial charge in [0.1, 0.15) is 13.2 Å². The summed E-state index contributed by atoms with van der Waals surface area (Å²) in [4.78, 5) is 8.56. The minimum atomic E-state index is -5.59. The molecule has 0 heterocycles. The second-order valence-electron chi connectivity index (χ2n) is 3.14. The van der Waals surface area contributed by atoms with Crippen LogP contribution in [0.1, 0.15) is 0 Å². The smallest absolute Gasteiger partial charge is 0.302 e. The van der Waals surface area contributed by atoms with Gasteiger partial charge in [-0.2, -0.15) is 17.6 Å². The highest BCUT2D eigenvalue weighted by Gasteiger charge is 2.46. The summed E-state index contributed by atoms with van der Waals surface area (Å²) in [6.45, 7) is -4.61. The van der Waals surface area contributed by atoms with Crippen molar-refractivity contribution in [2.24, 2.45) is 0 Å². The van der Waals surface area contributed by atoms with Crippen molar-refractivity contribution in [1.82, 2.24) is 0 Å². The summed E-state index contributed by atoms with van der Waals surface area (Å²) >= 11 is 0. The Balaban J connectivity index is 4.39. The van der Waals surface area contributed by atoms with Gasteiger partial charge in [0.05, 0.1) is 0 Å². The van der Waals surface area contributed by atoms with E-state index in [0.29, 0.717) is 0 Å². The molecule has 1 N–H and O–H groups in total. The molecule has 0 bridgehead atoms. The zero-order valence-corrected chi connectivity index (χ0v) is 9.61. The Labute approximate surface area is 100 Å². The van der Waals surface area contributed by atoms with Gasteiger partial charge in [-0.1, -0.05) is 0 Å². The number of halogens is 8. The van der Waals surface area contributed by atoms with Crippen LogP contribution in [0.15, 0.2) is 0 Å². The molecule has 0 rings (SSSR count). The predicted octanol–water partition coefficient (Wildman–Crippen LogP) is 2.92. The van der Waals surface area contributed by atoms with E-state index in [-0.39, 0.29) is 0 Å². The fraction of sp³-hybridized carbons (Fsp3) is 1.00. The van der Waals surface area contributed by atoms with Crippen molar-refractivity contribution in [2.45, 2.75) is 24.7 Å². The Morgan fingerprint density at radius 3 is 1.37 bits per heavy atom. The molecular weight excluding hydrogens is 319 g/mol. The lowest BCUT2D eigenvalue weighted by atomic mass is 10.4. The lowest BCUT2D eigenvalue weighted by Crippen LogP contribution is -2.33. The van der Waals surface area contributed by atoms with E-state index in [2.05, 4.69) is 9.05 Å². The zero-order valence-electron chi connectivity index (χ0n) is 8.71. The fourth-order valence-electron chi connectivity index (χ4n) is 0.499. The van der Waals surface area contributed by atoms with Crippen molar-refractivity contribution in [3.8, 4) is 0 Å². The topological polar surface area (TPSA) is 55.8 Å².